The van der Waals surface area contributed by atoms with E-state index in [1.807, 2.05) is 24.3 Å². The standard InChI is InChI=1S/C23H22N4O2S.ClH/c1-27-21-8-6-17(13-18(21)23-20-7-5-15(25-20)12-22(23)27)30(28,29)16-4-2-3-14(11-16)19-9-10-24-26-19;/h2-4,6,8-11,13,15,20,25H,5,7,12H2,1H3,(H,24,26);1H. The molecule has 0 saturated carbocycles. The molecule has 4 heterocycles. The molecule has 160 valence electrons. The van der Waals surface area contributed by atoms with E-state index in [0.717, 1.165) is 35.0 Å². The molecule has 0 radical (unpaired) electrons. The van der Waals surface area contributed by atoms with E-state index in [1.165, 1.54) is 17.7 Å². The van der Waals surface area contributed by atoms with Crippen LogP contribution in [-0.4, -0.2) is 29.2 Å². The number of nitrogens with zero attached hydrogens (tertiary/aromatic N) is 2. The van der Waals surface area contributed by atoms with Crippen LogP contribution in [0.15, 0.2) is 64.5 Å². The minimum absolute atomic E-state index is 0. The van der Waals surface area contributed by atoms with Crippen molar-refractivity contribution in [2.45, 2.75) is 41.1 Å². The minimum atomic E-state index is -3.64. The summed E-state index contributed by atoms with van der Waals surface area (Å²) >= 11 is 0. The van der Waals surface area contributed by atoms with Crippen LogP contribution in [0, 0.1) is 0 Å². The number of sulfone groups is 1. The van der Waals surface area contributed by atoms with Gasteiger partial charge in [-0.1, -0.05) is 12.1 Å². The molecule has 2 aliphatic rings. The number of H-pyrrole nitrogens is 1. The van der Waals surface area contributed by atoms with E-state index in [2.05, 4.69) is 27.1 Å². The lowest BCUT2D eigenvalue weighted by Gasteiger charge is -2.23. The van der Waals surface area contributed by atoms with Gasteiger partial charge >= 0.3 is 0 Å². The third-order valence-corrected chi connectivity index (χ3v) is 8.38. The van der Waals surface area contributed by atoms with Crippen LogP contribution >= 0.6 is 12.4 Å². The maximum Gasteiger partial charge on any atom is 0.206 e. The summed E-state index contributed by atoms with van der Waals surface area (Å²) in [4.78, 5) is 0.628. The minimum Gasteiger partial charge on any atom is -0.347 e. The Kier molecular flexibility index (Phi) is 4.73. The summed E-state index contributed by atoms with van der Waals surface area (Å²) in [5.74, 6) is 0. The van der Waals surface area contributed by atoms with Crippen molar-refractivity contribution < 1.29 is 8.42 Å². The van der Waals surface area contributed by atoms with Gasteiger partial charge in [0.2, 0.25) is 9.84 Å². The highest BCUT2D eigenvalue weighted by atomic mass is 35.5. The molecule has 6 nitrogen and oxygen atoms in total. The highest BCUT2D eigenvalue weighted by molar-refractivity contribution is 7.91. The van der Waals surface area contributed by atoms with Crippen molar-refractivity contribution >= 4 is 33.1 Å². The van der Waals surface area contributed by atoms with E-state index in [0.29, 0.717) is 17.0 Å². The average Bonchev–Trinajstić information content (AvgIpc) is 3.48. The zero-order chi connectivity index (χ0) is 20.5. The zero-order valence-electron chi connectivity index (χ0n) is 17.0. The number of rotatable bonds is 3. The molecular weight excluding hydrogens is 432 g/mol. The fourth-order valence-corrected chi connectivity index (χ4v) is 6.46. The van der Waals surface area contributed by atoms with E-state index >= 15 is 0 Å². The summed E-state index contributed by atoms with van der Waals surface area (Å²) in [7, 11) is -1.55. The van der Waals surface area contributed by atoms with Gasteiger partial charge in [0.25, 0.3) is 0 Å². The molecule has 8 heteroatoms. The van der Waals surface area contributed by atoms with Crippen LogP contribution in [-0.2, 0) is 23.3 Å². The number of aromatic amines is 1. The number of hydrogen-bond donors (Lipinski definition) is 2. The van der Waals surface area contributed by atoms with Gasteiger partial charge in [-0.2, -0.15) is 5.10 Å². The van der Waals surface area contributed by atoms with E-state index in [-0.39, 0.29) is 17.3 Å². The Hall–Kier alpha value is -2.61. The summed E-state index contributed by atoms with van der Waals surface area (Å²) in [6, 6.07) is 15.3. The van der Waals surface area contributed by atoms with Crippen LogP contribution in [0.3, 0.4) is 0 Å². The van der Waals surface area contributed by atoms with Crippen LogP contribution in [0.2, 0.25) is 0 Å². The van der Waals surface area contributed by atoms with Gasteiger partial charge < -0.3 is 9.88 Å². The number of aryl methyl sites for hydroxylation is 1. The summed E-state index contributed by atoms with van der Waals surface area (Å²) in [5.41, 5.74) is 5.31. The van der Waals surface area contributed by atoms with E-state index in [4.69, 9.17) is 0 Å². The van der Waals surface area contributed by atoms with Gasteiger partial charge in [-0.05, 0) is 54.8 Å². The van der Waals surface area contributed by atoms with E-state index < -0.39 is 9.84 Å². The second-order valence-corrected chi connectivity index (χ2v) is 10.2. The lowest BCUT2D eigenvalue weighted by atomic mass is 9.99. The Morgan fingerprint density at radius 3 is 2.71 bits per heavy atom. The molecule has 2 atom stereocenters. The highest BCUT2D eigenvalue weighted by Crippen LogP contribution is 2.42. The lowest BCUT2D eigenvalue weighted by Crippen LogP contribution is -2.32. The summed E-state index contributed by atoms with van der Waals surface area (Å²) < 4.78 is 29.2. The summed E-state index contributed by atoms with van der Waals surface area (Å²) in [6.07, 6.45) is 4.95. The number of aromatic nitrogens is 3. The molecule has 1 saturated heterocycles. The second-order valence-electron chi connectivity index (χ2n) is 8.30. The van der Waals surface area contributed by atoms with Crippen molar-refractivity contribution in [3.05, 3.63) is 66.0 Å². The monoisotopic (exact) mass is 454 g/mol. The Bertz CT molecular complexity index is 1390. The maximum atomic E-state index is 13.5. The molecule has 2 N–H and O–H groups in total. The van der Waals surface area contributed by atoms with Gasteiger partial charge in [-0.25, -0.2) is 8.42 Å². The lowest BCUT2D eigenvalue weighted by molar-refractivity contribution is 0.503. The molecule has 0 amide bonds. The van der Waals surface area contributed by atoms with Gasteiger partial charge in [0, 0.05) is 53.9 Å². The largest absolute Gasteiger partial charge is 0.347 e. The van der Waals surface area contributed by atoms with Gasteiger partial charge in [-0.15, -0.1) is 12.4 Å². The predicted octanol–water partition coefficient (Wildman–Crippen LogP) is 4.17. The van der Waals surface area contributed by atoms with Gasteiger partial charge in [0.1, 0.15) is 0 Å². The average molecular weight is 455 g/mol. The van der Waals surface area contributed by atoms with Gasteiger partial charge in [0.05, 0.1) is 15.5 Å². The number of halogens is 1. The van der Waals surface area contributed by atoms with Gasteiger partial charge in [0.15, 0.2) is 0 Å². The maximum absolute atomic E-state index is 13.5. The molecule has 0 aliphatic carbocycles. The van der Waals surface area contributed by atoms with Gasteiger partial charge in [-0.3, -0.25) is 5.10 Å². The first kappa shape index (κ1) is 20.3. The molecule has 2 aromatic heterocycles. The topological polar surface area (TPSA) is 79.8 Å². The van der Waals surface area contributed by atoms with E-state index in [9.17, 15) is 8.42 Å². The quantitative estimate of drug-likeness (QED) is 0.487. The Morgan fingerprint density at radius 1 is 1.06 bits per heavy atom. The number of fused-ring (bicyclic) bond motifs is 6. The van der Waals surface area contributed by atoms with Crippen molar-refractivity contribution in [1.82, 2.24) is 20.1 Å². The fraction of sp³-hybridized carbons (Fsp3) is 0.261. The number of nitrogens with one attached hydrogen (secondary N) is 2. The number of benzene rings is 2. The predicted molar refractivity (Wildman–Crippen MR) is 122 cm³/mol. The summed E-state index contributed by atoms with van der Waals surface area (Å²) in [5, 5.41) is 11.6. The van der Waals surface area contributed by atoms with Crippen molar-refractivity contribution in [2.75, 3.05) is 0 Å². The zero-order valence-corrected chi connectivity index (χ0v) is 18.6. The van der Waals surface area contributed by atoms with Crippen LogP contribution in [0.25, 0.3) is 22.2 Å². The first-order valence-corrected chi connectivity index (χ1v) is 11.7. The second kappa shape index (κ2) is 7.22. The highest BCUT2D eigenvalue weighted by Gasteiger charge is 2.36. The first-order valence-electron chi connectivity index (χ1n) is 10.2. The smallest absolute Gasteiger partial charge is 0.206 e. The Balaban J connectivity index is 0.00000204. The fourth-order valence-electron chi connectivity index (χ4n) is 5.13. The molecule has 4 aromatic rings. The normalized spacial score (nSPS) is 19.9. The van der Waals surface area contributed by atoms with Crippen molar-refractivity contribution in [3.8, 4) is 11.3 Å². The molecular formula is C23H23ClN4O2S. The van der Waals surface area contributed by atoms with Crippen LogP contribution in [0.5, 0.6) is 0 Å². The Labute approximate surface area is 187 Å². The first-order chi connectivity index (χ1) is 14.5. The van der Waals surface area contributed by atoms with Crippen molar-refractivity contribution in [1.29, 1.82) is 0 Å². The van der Waals surface area contributed by atoms with Crippen molar-refractivity contribution in [3.63, 3.8) is 0 Å². The van der Waals surface area contributed by atoms with Crippen LogP contribution in [0.1, 0.15) is 30.1 Å². The molecule has 6 rings (SSSR count). The van der Waals surface area contributed by atoms with Crippen LogP contribution < -0.4 is 5.32 Å². The SMILES string of the molecule is Cl.Cn1c2c(c3cc(S(=O)(=O)c4cccc(-c5ccn[nH]5)c4)ccc31)C1CCC(C2)N1. The molecule has 2 aliphatic heterocycles. The number of hydrogen-bond acceptors (Lipinski definition) is 4. The molecule has 2 bridgehead atoms. The molecule has 2 unspecified atom stereocenters. The molecule has 0 spiro atoms. The molecule has 31 heavy (non-hydrogen) atoms. The Morgan fingerprint density at radius 2 is 1.90 bits per heavy atom. The molecule has 1 fully saturated rings. The third-order valence-electron chi connectivity index (χ3n) is 6.63. The van der Waals surface area contributed by atoms with Crippen LogP contribution in [0.4, 0.5) is 0 Å². The molecule has 2 aromatic carbocycles. The summed E-state index contributed by atoms with van der Waals surface area (Å²) in [6.45, 7) is 0. The van der Waals surface area contributed by atoms with E-state index in [1.54, 1.807) is 30.5 Å². The van der Waals surface area contributed by atoms with Crippen molar-refractivity contribution in [2.24, 2.45) is 7.05 Å². The third kappa shape index (κ3) is 3.03.